The molecule has 1 aliphatic heterocycles. The maximum Gasteiger partial charge on any atom is 0.255 e. The van der Waals surface area contributed by atoms with Gasteiger partial charge >= 0.3 is 0 Å². The quantitative estimate of drug-likeness (QED) is 0.579. The molecule has 0 aliphatic carbocycles. The predicted octanol–water partition coefficient (Wildman–Crippen LogP) is 4.29. The minimum absolute atomic E-state index is 0.0699. The SMILES string of the molecule is Cc1ccsc1CN(C)S(=O)(=O)c1cccc(C(=O)Nc2ccc3c(c2)OCCCO3)c1. The van der Waals surface area contributed by atoms with Crippen molar-refractivity contribution in [2.24, 2.45) is 0 Å². The highest BCUT2D eigenvalue weighted by Gasteiger charge is 2.23. The Bertz CT molecular complexity index is 1240. The van der Waals surface area contributed by atoms with Crippen molar-refractivity contribution in [3.8, 4) is 11.5 Å². The van der Waals surface area contributed by atoms with E-state index in [1.807, 2.05) is 18.4 Å². The smallest absolute Gasteiger partial charge is 0.255 e. The molecule has 0 spiro atoms. The lowest BCUT2D eigenvalue weighted by molar-refractivity contribution is 0.102. The van der Waals surface area contributed by atoms with E-state index in [1.54, 1.807) is 37.4 Å². The summed E-state index contributed by atoms with van der Waals surface area (Å²) in [6.45, 7) is 3.36. The summed E-state index contributed by atoms with van der Waals surface area (Å²) < 4.78 is 38.7. The van der Waals surface area contributed by atoms with Crippen LogP contribution >= 0.6 is 11.3 Å². The van der Waals surface area contributed by atoms with Crippen LogP contribution in [0.15, 0.2) is 58.8 Å². The standard InChI is InChI=1S/C23H24N2O5S2/c1-16-9-12-31-22(16)15-25(2)32(27,28)19-6-3-5-17(13-19)23(26)24-18-7-8-20-21(14-18)30-11-4-10-29-20/h3,5-9,12-14H,4,10-11,15H2,1-2H3,(H,24,26). The van der Waals surface area contributed by atoms with E-state index in [4.69, 9.17) is 9.47 Å². The number of nitrogens with zero attached hydrogens (tertiary/aromatic N) is 1. The van der Waals surface area contributed by atoms with E-state index in [0.29, 0.717) is 30.4 Å². The number of amides is 1. The fourth-order valence-corrected chi connectivity index (χ4v) is 5.50. The average molecular weight is 473 g/mol. The lowest BCUT2D eigenvalue weighted by Gasteiger charge is -2.17. The third-order valence-corrected chi connectivity index (χ3v) is 7.95. The molecule has 0 fully saturated rings. The number of carbonyl (C=O) groups is 1. The Balaban J connectivity index is 1.51. The molecule has 0 unspecified atom stereocenters. The van der Waals surface area contributed by atoms with Crippen LogP contribution in [0.3, 0.4) is 0 Å². The first-order valence-electron chi connectivity index (χ1n) is 10.1. The van der Waals surface area contributed by atoms with Gasteiger partial charge in [0.25, 0.3) is 5.91 Å². The molecule has 7 nitrogen and oxygen atoms in total. The van der Waals surface area contributed by atoms with Crippen molar-refractivity contribution in [2.45, 2.75) is 24.8 Å². The molecule has 1 aromatic heterocycles. The molecule has 1 N–H and O–H groups in total. The van der Waals surface area contributed by atoms with Gasteiger partial charge in [-0.25, -0.2) is 8.42 Å². The van der Waals surface area contributed by atoms with Gasteiger partial charge in [0.1, 0.15) is 0 Å². The summed E-state index contributed by atoms with van der Waals surface area (Å²) in [7, 11) is -2.21. The van der Waals surface area contributed by atoms with E-state index in [1.165, 1.54) is 27.8 Å². The van der Waals surface area contributed by atoms with Gasteiger partial charge in [0.15, 0.2) is 11.5 Å². The van der Waals surface area contributed by atoms with Gasteiger partial charge in [-0.05, 0) is 54.3 Å². The van der Waals surface area contributed by atoms with Crippen molar-refractivity contribution < 1.29 is 22.7 Å². The number of nitrogens with one attached hydrogen (secondary N) is 1. The number of benzene rings is 2. The van der Waals surface area contributed by atoms with Crippen LogP contribution in [-0.2, 0) is 16.6 Å². The van der Waals surface area contributed by atoms with Crippen molar-refractivity contribution in [3.05, 3.63) is 69.9 Å². The van der Waals surface area contributed by atoms with E-state index in [2.05, 4.69) is 5.32 Å². The van der Waals surface area contributed by atoms with E-state index in [-0.39, 0.29) is 17.0 Å². The number of rotatable bonds is 6. The maximum atomic E-state index is 13.1. The van der Waals surface area contributed by atoms with Gasteiger partial charge in [-0.3, -0.25) is 4.79 Å². The lowest BCUT2D eigenvalue weighted by Crippen LogP contribution is -2.26. The van der Waals surface area contributed by atoms with Crippen molar-refractivity contribution in [2.75, 3.05) is 25.6 Å². The number of aryl methyl sites for hydroxylation is 1. The first kappa shape index (κ1) is 22.3. The molecule has 9 heteroatoms. The zero-order valence-corrected chi connectivity index (χ0v) is 19.5. The van der Waals surface area contributed by atoms with Gasteiger partial charge in [0.2, 0.25) is 10.0 Å². The number of hydrogen-bond acceptors (Lipinski definition) is 6. The van der Waals surface area contributed by atoms with E-state index >= 15 is 0 Å². The van der Waals surface area contributed by atoms with E-state index in [0.717, 1.165) is 16.9 Å². The van der Waals surface area contributed by atoms with Crippen LogP contribution in [0.5, 0.6) is 11.5 Å². The van der Waals surface area contributed by atoms with Crippen molar-refractivity contribution in [3.63, 3.8) is 0 Å². The fraction of sp³-hybridized carbons (Fsp3) is 0.261. The van der Waals surface area contributed by atoms with Crippen LogP contribution in [0.2, 0.25) is 0 Å². The van der Waals surface area contributed by atoms with Gasteiger partial charge in [0, 0.05) is 42.2 Å². The molecular weight excluding hydrogens is 448 g/mol. The first-order valence-corrected chi connectivity index (χ1v) is 12.5. The van der Waals surface area contributed by atoms with Crippen LogP contribution in [0.25, 0.3) is 0 Å². The zero-order chi connectivity index (χ0) is 22.7. The van der Waals surface area contributed by atoms with Crippen LogP contribution < -0.4 is 14.8 Å². The number of hydrogen-bond donors (Lipinski definition) is 1. The number of thiophene rings is 1. The second kappa shape index (κ2) is 9.32. The Hall–Kier alpha value is -2.88. The molecule has 0 atom stereocenters. The van der Waals surface area contributed by atoms with E-state index in [9.17, 15) is 13.2 Å². The maximum absolute atomic E-state index is 13.1. The fourth-order valence-electron chi connectivity index (χ4n) is 3.28. The Kier molecular flexibility index (Phi) is 6.50. The minimum atomic E-state index is -3.75. The molecular formula is C23H24N2O5S2. The predicted molar refractivity (Wildman–Crippen MR) is 124 cm³/mol. The molecule has 168 valence electrons. The van der Waals surface area contributed by atoms with Crippen molar-refractivity contribution >= 4 is 33.0 Å². The van der Waals surface area contributed by atoms with Crippen LogP contribution in [0.1, 0.15) is 27.2 Å². The molecule has 1 aliphatic rings. The molecule has 32 heavy (non-hydrogen) atoms. The Morgan fingerprint density at radius 1 is 1.09 bits per heavy atom. The molecule has 3 aromatic rings. The number of ether oxygens (including phenoxy) is 2. The highest BCUT2D eigenvalue weighted by Crippen LogP contribution is 2.32. The molecule has 0 radical (unpaired) electrons. The summed E-state index contributed by atoms with van der Waals surface area (Å²) in [6, 6.07) is 13.2. The highest BCUT2D eigenvalue weighted by molar-refractivity contribution is 7.89. The number of carbonyl (C=O) groups excluding carboxylic acids is 1. The third kappa shape index (κ3) is 4.79. The number of anilines is 1. The summed E-state index contributed by atoms with van der Waals surface area (Å²) in [5.74, 6) is 0.799. The zero-order valence-electron chi connectivity index (χ0n) is 17.8. The second-order valence-electron chi connectivity index (χ2n) is 7.48. The normalized spacial score (nSPS) is 13.6. The average Bonchev–Trinajstić information content (AvgIpc) is 3.04. The molecule has 1 amide bonds. The van der Waals surface area contributed by atoms with Crippen LogP contribution in [0, 0.1) is 6.92 Å². The Morgan fingerprint density at radius 3 is 2.62 bits per heavy atom. The Labute approximate surface area is 191 Å². The van der Waals surface area contributed by atoms with Crippen molar-refractivity contribution in [1.29, 1.82) is 0 Å². The lowest BCUT2D eigenvalue weighted by atomic mass is 10.2. The van der Waals surface area contributed by atoms with Gasteiger partial charge in [-0.15, -0.1) is 11.3 Å². The monoisotopic (exact) mass is 472 g/mol. The summed E-state index contributed by atoms with van der Waals surface area (Å²) in [5.41, 5.74) is 1.84. The second-order valence-corrected chi connectivity index (χ2v) is 10.5. The van der Waals surface area contributed by atoms with Gasteiger partial charge in [-0.2, -0.15) is 4.31 Å². The van der Waals surface area contributed by atoms with Crippen LogP contribution in [0.4, 0.5) is 5.69 Å². The molecule has 4 rings (SSSR count). The third-order valence-electron chi connectivity index (χ3n) is 5.14. The van der Waals surface area contributed by atoms with E-state index < -0.39 is 15.9 Å². The summed E-state index contributed by atoms with van der Waals surface area (Å²) in [6.07, 6.45) is 0.790. The summed E-state index contributed by atoms with van der Waals surface area (Å²) >= 11 is 1.52. The summed E-state index contributed by atoms with van der Waals surface area (Å²) in [5, 5.41) is 4.74. The van der Waals surface area contributed by atoms with Crippen molar-refractivity contribution in [1.82, 2.24) is 4.31 Å². The summed E-state index contributed by atoms with van der Waals surface area (Å²) in [4.78, 5) is 13.9. The Morgan fingerprint density at radius 2 is 1.88 bits per heavy atom. The molecule has 2 aromatic carbocycles. The molecule has 2 heterocycles. The number of fused-ring (bicyclic) bond motifs is 1. The minimum Gasteiger partial charge on any atom is -0.490 e. The largest absolute Gasteiger partial charge is 0.490 e. The molecule has 0 bridgehead atoms. The van der Waals surface area contributed by atoms with Crippen LogP contribution in [-0.4, -0.2) is 38.9 Å². The number of sulfonamides is 1. The highest BCUT2D eigenvalue weighted by atomic mass is 32.2. The first-order chi connectivity index (χ1) is 15.3. The molecule has 0 saturated carbocycles. The van der Waals surface area contributed by atoms with Gasteiger partial charge in [0.05, 0.1) is 18.1 Å². The van der Waals surface area contributed by atoms with Gasteiger partial charge < -0.3 is 14.8 Å². The molecule has 0 saturated heterocycles. The van der Waals surface area contributed by atoms with Gasteiger partial charge in [-0.1, -0.05) is 6.07 Å². The topological polar surface area (TPSA) is 84.9 Å².